The van der Waals surface area contributed by atoms with Gasteiger partial charge in [0.1, 0.15) is 0 Å². The van der Waals surface area contributed by atoms with E-state index in [9.17, 15) is 0 Å². The Balaban J connectivity index is 1.63. The number of nitrogens with one attached hydrogen (secondary N) is 1. The number of fused-ring (bicyclic) bond motifs is 2. The van der Waals surface area contributed by atoms with Gasteiger partial charge in [-0.3, -0.25) is 4.90 Å². The van der Waals surface area contributed by atoms with Crippen molar-refractivity contribution in [2.75, 3.05) is 13.1 Å². The molecule has 3 rings (SSSR count). The molecule has 0 aromatic heterocycles. The van der Waals surface area contributed by atoms with Crippen LogP contribution >= 0.6 is 0 Å². The first-order valence-electron chi connectivity index (χ1n) is 7.88. The van der Waals surface area contributed by atoms with Crippen molar-refractivity contribution in [2.24, 2.45) is 5.92 Å². The maximum atomic E-state index is 3.53. The van der Waals surface area contributed by atoms with Crippen LogP contribution in [0.15, 0.2) is 24.3 Å². The zero-order valence-electron chi connectivity index (χ0n) is 12.1. The van der Waals surface area contributed by atoms with Gasteiger partial charge in [0.05, 0.1) is 0 Å². The third-order valence-corrected chi connectivity index (χ3v) is 4.76. The normalized spacial score (nSPS) is 26.2. The fourth-order valence-corrected chi connectivity index (χ4v) is 3.72. The van der Waals surface area contributed by atoms with E-state index in [4.69, 9.17) is 0 Å². The van der Waals surface area contributed by atoms with Gasteiger partial charge in [-0.25, -0.2) is 0 Å². The Hall–Kier alpha value is -0.860. The van der Waals surface area contributed by atoms with Crippen molar-refractivity contribution >= 4 is 0 Å². The van der Waals surface area contributed by atoms with E-state index in [1.807, 2.05) is 0 Å². The van der Waals surface area contributed by atoms with Crippen LogP contribution < -0.4 is 5.32 Å². The Morgan fingerprint density at radius 1 is 1.21 bits per heavy atom. The molecule has 0 spiro atoms. The highest BCUT2D eigenvalue weighted by Crippen LogP contribution is 2.38. The number of likely N-dealkylation sites (tertiary alicyclic amines) is 1. The molecule has 104 valence electrons. The van der Waals surface area contributed by atoms with Crippen LogP contribution in [0.25, 0.3) is 0 Å². The molecule has 1 N–H and O–H groups in total. The highest BCUT2D eigenvalue weighted by molar-refractivity contribution is 5.27. The molecule has 1 saturated carbocycles. The van der Waals surface area contributed by atoms with Crippen molar-refractivity contribution in [2.45, 2.75) is 51.7 Å². The lowest BCUT2D eigenvalue weighted by molar-refractivity contribution is 0.205. The van der Waals surface area contributed by atoms with Gasteiger partial charge in [0.2, 0.25) is 0 Å². The maximum Gasteiger partial charge on any atom is 0.0240 e. The molecule has 1 heterocycles. The second-order valence-corrected chi connectivity index (χ2v) is 6.21. The second-order valence-electron chi connectivity index (χ2n) is 6.21. The van der Waals surface area contributed by atoms with Gasteiger partial charge in [-0.1, -0.05) is 31.2 Å². The van der Waals surface area contributed by atoms with Gasteiger partial charge in [0, 0.05) is 25.7 Å². The largest absolute Gasteiger partial charge is 0.313 e. The second kappa shape index (κ2) is 6.06. The molecule has 1 aliphatic carbocycles. The van der Waals surface area contributed by atoms with Gasteiger partial charge < -0.3 is 5.32 Å². The van der Waals surface area contributed by atoms with Gasteiger partial charge >= 0.3 is 0 Å². The Morgan fingerprint density at radius 3 is 2.74 bits per heavy atom. The van der Waals surface area contributed by atoms with Crippen LogP contribution in [0, 0.1) is 5.92 Å². The highest BCUT2D eigenvalue weighted by Gasteiger charge is 2.37. The molecule has 19 heavy (non-hydrogen) atoms. The smallest absolute Gasteiger partial charge is 0.0240 e. The van der Waals surface area contributed by atoms with E-state index in [-0.39, 0.29) is 0 Å². The SMILES string of the molecule is CCCNCc1ccccc1CN1CC2CCC1C2. The van der Waals surface area contributed by atoms with Gasteiger partial charge in [0.25, 0.3) is 0 Å². The standard InChI is InChI=1S/C17H26N2/c1-2-9-18-11-15-5-3-4-6-16(15)13-19-12-14-7-8-17(19)10-14/h3-6,14,17-18H,2,7-13H2,1H3. The van der Waals surface area contributed by atoms with Crippen molar-refractivity contribution in [3.05, 3.63) is 35.4 Å². The first-order chi connectivity index (χ1) is 9.36. The molecular weight excluding hydrogens is 232 g/mol. The summed E-state index contributed by atoms with van der Waals surface area (Å²) < 4.78 is 0. The number of benzene rings is 1. The molecule has 2 fully saturated rings. The lowest BCUT2D eigenvalue weighted by atomic mass is 10.0. The van der Waals surface area contributed by atoms with E-state index in [0.717, 1.165) is 31.6 Å². The van der Waals surface area contributed by atoms with Crippen molar-refractivity contribution in [1.29, 1.82) is 0 Å². The molecule has 2 bridgehead atoms. The number of rotatable bonds is 6. The van der Waals surface area contributed by atoms with E-state index in [1.165, 1.54) is 43.4 Å². The van der Waals surface area contributed by atoms with E-state index in [2.05, 4.69) is 41.4 Å². The van der Waals surface area contributed by atoms with Gasteiger partial charge in [-0.2, -0.15) is 0 Å². The van der Waals surface area contributed by atoms with E-state index in [1.54, 1.807) is 0 Å². The Morgan fingerprint density at radius 2 is 2.05 bits per heavy atom. The average Bonchev–Trinajstić information content (AvgIpc) is 3.03. The summed E-state index contributed by atoms with van der Waals surface area (Å²) in [6.45, 7) is 6.85. The van der Waals surface area contributed by atoms with Crippen LogP contribution in [0.3, 0.4) is 0 Å². The Labute approximate surface area is 117 Å². The summed E-state index contributed by atoms with van der Waals surface area (Å²) >= 11 is 0. The van der Waals surface area contributed by atoms with Crippen LogP contribution in [0.1, 0.15) is 43.7 Å². The molecular formula is C17H26N2. The monoisotopic (exact) mass is 258 g/mol. The number of hydrogen-bond donors (Lipinski definition) is 1. The number of nitrogens with zero attached hydrogens (tertiary/aromatic N) is 1. The molecule has 2 nitrogen and oxygen atoms in total. The van der Waals surface area contributed by atoms with E-state index >= 15 is 0 Å². The van der Waals surface area contributed by atoms with Crippen LogP contribution in [0.4, 0.5) is 0 Å². The molecule has 1 aromatic carbocycles. The summed E-state index contributed by atoms with van der Waals surface area (Å²) in [6, 6.07) is 9.83. The number of hydrogen-bond acceptors (Lipinski definition) is 2. The third-order valence-electron chi connectivity index (χ3n) is 4.76. The average molecular weight is 258 g/mol. The molecule has 2 heteroatoms. The quantitative estimate of drug-likeness (QED) is 0.788. The van der Waals surface area contributed by atoms with E-state index in [0.29, 0.717) is 0 Å². The van der Waals surface area contributed by atoms with Crippen LogP contribution in [-0.4, -0.2) is 24.0 Å². The molecule has 2 aliphatic rings. The highest BCUT2D eigenvalue weighted by atomic mass is 15.2. The van der Waals surface area contributed by atoms with E-state index < -0.39 is 0 Å². The predicted molar refractivity (Wildman–Crippen MR) is 80.0 cm³/mol. The summed E-state index contributed by atoms with van der Waals surface area (Å²) in [7, 11) is 0. The topological polar surface area (TPSA) is 15.3 Å². The van der Waals surface area contributed by atoms with Gasteiger partial charge in [-0.05, 0) is 49.3 Å². The zero-order valence-corrected chi connectivity index (χ0v) is 12.1. The fourth-order valence-electron chi connectivity index (χ4n) is 3.72. The molecule has 1 aromatic rings. The molecule has 1 aliphatic heterocycles. The third kappa shape index (κ3) is 3.01. The van der Waals surface area contributed by atoms with Gasteiger partial charge in [0.15, 0.2) is 0 Å². The van der Waals surface area contributed by atoms with Crippen molar-refractivity contribution in [3.63, 3.8) is 0 Å². The predicted octanol–water partition coefficient (Wildman–Crippen LogP) is 3.17. The molecule has 0 amide bonds. The van der Waals surface area contributed by atoms with Crippen LogP contribution in [0.2, 0.25) is 0 Å². The zero-order chi connectivity index (χ0) is 13.1. The van der Waals surface area contributed by atoms with Crippen molar-refractivity contribution in [1.82, 2.24) is 10.2 Å². The van der Waals surface area contributed by atoms with Crippen molar-refractivity contribution < 1.29 is 0 Å². The fraction of sp³-hybridized carbons (Fsp3) is 0.647. The Kier molecular flexibility index (Phi) is 4.19. The van der Waals surface area contributed by atoms with Crippen LogP contribution in [0.5, 0.6) is 0 Å². The summed E-state index contributed by atoms with van der Waals surface area (Å²) in [5.41, 5.74) is 3.01. The molecule has 1 saturated heterocycles. The minimum absolute atomic E-state index is 0.877. The molecule has 2 atom stereocenters. The summed E-state index contributed by atoms with van der Waals surface area (Å²) in [5.74, 6) is 0.996. The minimum atomic E-state index is 0.877. The molecule has 0 radical (unpaired) electrons. The first-order valence-corrected chi connectivity index (χ1v) is 7.88. The Bertz CT molecular complexity index is 415. The summed E-state index contributed by atoms with van der Waals surface area (Å²) in [4.78, 5) is 2.72. The van der Waals surface area contributed by atoms with Crippen molar-refractivity contribution in [3.8, 4) is 0 Å². The van der Waals surface area contributed by atoms with Gasteiger partial charge in [-0.15, -0.1) is 0 Å². The van der Waals surface area contributed by atoms with Crippen LogP contribution in [-0.2, 0) is 13.1 Å². The number of piperidine rings is 1. The minimum Gasteiger partial charge on any atom is -0.313 e. The summed E-state index contributed by atoms with van der Waals surface area (Å²) in [6.07, 6.45) is 5.57. The summed E-state index contributed by atoms with van der Waals surface area (Å²) in [5, 5.41) is 3.53. The lowest BCUT2D eigenvalue weighted by Crippen LogP contribution is -2.32. The first kappa shape index (κ1) is 13.1. The lowest BCUT2D eigenvalue weighted by Gasteiger charge is -2.27. The molecule has 2 unspecified atom stereocenters. The maximum absolute atomic E-state index is 3.53.